The summed E-state index contributed by atoms with van der Waals surface area (Å²) < 4.78 is 0. The summed E-state index contributed by atoms with van der Waals surface area (Å²) >= 11 is 0. The lowest BCUT2D eigenvalue weighted by Crippen LogP contribution is -2.52. The Morgan fingerprint density at radius 2 is 1.28 bits per heavy atom. The highest BCUT2D eigenvalue weighted by molar-refractivity contribution is 6.10. The van der Waals surface area contributed by atoms with Gasteiger partial charge in [0, 0.05) is 48.8 Å². The molecule has 1 aliphatic heterocycles. The van der Waals surface area contributed by atoms with Crippen LogP contribution in [0.2, 0.25) is 0 Å². The van der Waals surface area contributed by atoms with Crippen LogP contribution >= 0.6 is 0 Å². The molecule has 0 amide bonds. The number of aromatic nitrogens is 1. The molecule has 1 N–H and O–H groups in total. The molecular formula is C28H29N3O. The Kier molecular flexibility index (Phi) is 5.89. The number of hydrogen-bond acceptors (Lipinski definition) is 3. The fraction of sp³-hybridized carbons (Fsp3) is 0.250. The maximum Gasteiger partial charge on any atom is 0.181 e. The van der Waals surface area contributed by atoms with Gasteiger partial charge >= 0.3 is 0 Å². The van der Waals surface area contributed by atoms with Crippen LogP contribution in [-0.2, 0) is 0 Å². The zero-order valence-corrected chi connectivity index (χ0v) is 18.4. The van der Waals surface area contributed by atoms with E-state index in [0.717, 1.165) is 42.6 Å². The third-order valence-corrected chi connectivity index (χ3v) is 6.73. The molecule has 3 aromatic carbocycles. The Bertz CT molecular complexity index is 1140. The molecule has 162 valence electrons. The van der Waals surface area contributed by atoms with Crippen LogP contribution in [0, 0.1) is 0 Å². The molecule has 0 bridgehead atoms. The number of fused-ring (bicyclic) bond motifs is 1. The summed E-state index contributed by atoms with van der Waals surface area (Å²) in [6.45, 7) is 5.67. The van der Waals surface area contributed by atoms with Crippen molar-refractivity contribution in [1.29, 1.82) is 0 Å². The molecule has 5 rings (SSSR count). The summed E-state index contributed by atoms with van der Waals surface area (Å²) in [5.41, 5.74) is 4.44. The van der Waals surface area contributed by atoms with Gasteiger partial charge in [0.05, 0.1) is 12.1 Å². The maximum absolute atomic E-state index is 13.3. The monoisotopic (exact) mass is 423 g/mol. The Labute approximate surface area is 189 Å². The lowest BCUT2D eigenvalue weighted by atomic mass is 9.96. The van der Waals surface area contributed by atoms with Crippen molar-refractivity contribution in [3.63, 3.8) is 0 Å². The van der Waals surface area contributed by atoms with Gasteiger partial charge in [-0.25, -0.2) is 0 Å². The number of aromatic amines is 1. The molecule has 1 atom stereocenters. The Balaban J connectivity index is 1.32. The molecule has 0 radical (unpaired) electrons. The van der Waals surface area contributed by atoms with Crippen molar-refractivity contribution in [1.82, 2.24) is 14.8 Å². The van der Waals surface area contributed by atoms with Gasteiger partial charge in [-0.1, -0.05) is 78.9 Å². The predicted octanol–water partition coefficient (Wildman–Crippen LogP) is 5.15. The topological polar surface area (TPSA) is 39.3 Å². The van der Waals surface area contributed by atoms with E-state index in [1.54, 1.807) is 0 Å². The van der Waals surface area contributed by atoms with E-state index in [9.17, 15) is 4.79 Å². The fourth-order valence-corrected chi connectivity index (χ4v) is 4.93. The van der Waals surface area contributed by atoms with Crippen molar-refractivity contribution in [3.8, 4) is 0 Å². The lowest BCUT2D eigenvalue weighted by molar-refractivity contribution is 0.0641. The molecule has 0 saturated carbocycles. The Hall–Kier alpha value is -3.21. The molecule has 0 unspecified atom stereocenters. The van der Waals surface area contributed by atoms with Crippen molar-refractivity contribution < 1.29 is 4.79 Å². The molecule has 4 heteroatoms. The zero-order chi connectivity index (χ0) is 21.9. The van der Waals surface area contributed by atoms with E-state index in [1.165, 1.54) is 11.1 Å². The van der Waals surface area contributed by atoms with Gasteiger partial charge in [-0.05, 0) is 24.1 Å². The minimum atomic E-state index is -0.136. The quantitative estimate of drug-likeness (QED) is 0.436. The van der Waals surface area contributed by atoms with Crippen LogP contribution in [0.3, 0.4) is 0 Å². The fourth-order valence-electron chi connectivity index (χ4n) is 4.93. The van der Waals surface area contributed by atoms with Gasteiger partial charge in [0.1, 0.15) is 0 Å². The highest BCUT2D eigenvalue weighted by Gasteiger charge is 2.31. The first-order valence-electron chi connectivity index (χ1n) is 11.4. The normalized spacial score (nSPS) is 16.4. The molecule has 32 heavy (non-hydrogen) atoms. The number of piperazine rings is 1. The summed E-state index contributed by atoms with van der Waals surface area (Å²) in [6.07, 6.45) is 1.86. The van der Waals surface area contributed by atoms with Gasteiger partial charge in [-0.15, -0.1) is 0 Å². The van der Waals surface area contributed by atoms with Gasteiger partial charge in [-0.2, -0.15) is 0 Å². The number of nitrogens with zero attached hydrogens (tertiary/aromatic N) is 2. The number of carbonyl (C=O) groups excluding carboxylic acids is 1. The maximum atomic E-state index is 13.3. The Morgan fingerprint density at radius 3 is 1.91 bits per heavy atom. The van der Waals surface area contributed by atoms with Gasteiger partial charge < -0.3 is 4.98 Å². The first kappa shape index (κ1) is 20.7. The van der Waals surface area contributed by atoms with Crippen LogP contribution < -0.4 is 0 Å². The molecule has 0 spiro atoms. The number of hydrogen-bond donors (Lipinski definition) is 1. The van der Waals surface area contributed by atoms with Crippen molar-refractivity contribution >= 4 is 16.7 Å². The minimum Gasteiger partial charge on any atom is -0.360 e. The van der Waals surface area contributed by atoms with Crippen molar-refractivity contribution in [2.75, 3.05) is 26.2 Å². The van der Waals surface area contributed by atoms with Crippen molar-refractivity contribution in [2.24, 2.45) is 0 Å². The number of H-pyrrole nitrogens is 1. The predicted molar refractivity (Wildman–Crippen MR) is 130 cm³/mol. The second-order valence-electron chi connectivity index (χ2n) is 8.58. The van der Waals surface area contributed by atoms with E-state index in [2.05, 4.69) is 75.4 Å². The van der Waals surface area contributed by atoms with Crippen LogP contribution in [0.5, 0.6) is 0 Å². The van der Waals surface area contributed by atoms with E-state index in [4.69, 9.17) is 0 Å². The summed E-state index contributed by atoms with van der Waals surface area (Å²) in [7, 11) is 0. The molecule has 0 aliphatic carbocycles. The summed E-state index contributed by atoms with van der Waals surface area (Å²) in [4.78, 5) is 21.4. The van der Waals surface area contributed by atoms with E-state index in [0.29, 0.717) is 0 Å². The van der Waals surface area contributed by atoms with E-state index < -0.39 is 0 Å². The van der Waals surface area contributed by atoms with Crippen LogP contribution in [0.25, 0.3) is 10.9 Å². The number of Topliss-reactive ketones (excluding diaryl/α,β-unsaturated/α-hetero) is 1. The largest absolute Gasteiger partial charge is 0.360 e. The molecule has 1 aliphatic rings. The third kappa shape index (κ3) is 3.99. The smallest absolute Gasteiger partial charge is 0.181 e. The minimum absolute atomic E-state index is 0.136. The van der Waals surface area contributed by atoms with Crippen LogP contribution in [-0.4, -0.2) is 52.8 Å². The van der Waals surface area contributed by atoms with Crippen LogP contribution in [0.1, 0.15) is 34.5 Å². The second kappa shape index (κ2) is 9.11. The van der Waals surface area contributed by atoms with Crippen molar-refractivity contribution in [2.45, 2.75) is 19.0 Å². The van der Waals surface area contributed by atoms with Gasteiger partial charge in [0.25, 0.3) is 0 Å². The van der Waals surface area contributed by atoms with Gasteiger partial charge in [0.15, 0.2) is 5.78 Å². The van der Waals surface area contributed by atoms with Crippen LogP contribution in [0.15, 0.2) is 91.1 Å². The molecular weight excluding hydrogens is 394 g/mol. The van der Waals surface area contributed by atoms with Crippen molar-refractivity contribution in [3.05, 3.63) is 108 Å². The standard InChI is InChI=1S/C28H29N3O/c1-21(28(32)25-20-29-26-15-9-8-14-24(25)26)30-16-18-31(19-17-30)27(22-10-4-2-5-11-22)23-12-6-3-7-13-23/h2-15,20-21,27,29H,16-19H2,1H3/t21-/m1/s1. The summed E-state index contributed by atoms with van der Waals surface area (Å²) in [5, 5.41) is 1.01. The number of para-hydroxylation sites is 1. The van der Waals surface area contributed by atoms with Crippen LogP contribution in [0.4, 0.5) is 0 Å². The SMILES string of the molecule is C[C@H](C(=O)c1c[nH]c2ccccc12)N1CCN(C(c2ccccc2)c2ccccc2)CC1. The number of rotatable bonds is 6. The average Bonchev–Trinajstić information content (AvgIpc) is 3.29. The zero-order valence-electron chi connectivity index (χ0n) is 18.4. The average molecular weight is 424 g/mol. The first-order valence-corrected chi connectivity index (χ1v) is 11.4. The number of ketones is 1. The molecule has 1 saturated heterocycles. The second-order valence-corrected chi connectivity index (χ2v) is 8.58. The number of benzene rings is 3. The molecule has 4 nitrogen and oxygen atoms in total. The summed E-state index contributed by atoms with van der Waals surface area (Å²) in [5.74, 6) is 0.193. The number of nitrogens with one attached hydrogen (secondary N) is 1. The third-order valence-electron chi connectivity index (χ3n) is 6.73. The van der Waals surface area contributed by atoms with E-state index >= 15 is 0 Å². The van der Waals surface area contributed by atoms with E-state index in [-0.39, 0.29) is 17.9 Å². The molecule has 4 aromatic rings. The summed E-state index contributed by atoms with van der Waals surface area (Å²) in [6, 6.07) is 29.6. The van der Waals surface area contributed by atoms with Gasteiger partial charge in [0.2, 0.25) is 0 Å². The highest BCUT2D eigenvalue weighted by atomic mass is 16.1. The molecule has 1 aromatic heterocycles. The molecule has 1 fully saturated rings. The molecule has 2 heterocycles. The lowest BCUT2D eigenvalue weighted by Gasteiger charge is -2.41. The highest BCUT2D eigenvalue weighted by Crippen LogP contribution is 2.30. The number of carbonyl (C=O) groups is 1. The first-order chi connectivity index (χ1) is 15.7. The van der Waals surface area contributed by atoms with E-state index in [1.807, 2.05) is 37.4 Å². The van der Waals surface area contributed by atoms with Gasteiger partial charge in [-0.3, -0.25) is 14.6 Å². The Morgan fingerprint density at radius 1 is 0.750 bits per heavy atom.